The van der Waals surface area contributed by atoms with Crippen LogP contribution in [0.2, 0.25) is 0 Å². The molecule has 0 aromatic heterocycles. The Morgan fingerprint density at radius 3 is 3.05 bits per heavy atom. The molecule has 1 fully saturated rings. The normalized spacial score (nSPS) is 19.8. The number of ether oxygens (including phenoxy) is 1. The second-order valence-corrected chi connectivity index (χ2v) is 6.15. The van der Waals surface area contributed by atoms with E-state index in [2.05, 4.69) is 20.8 Å². The van der Waals surface area contributed by atoms with E-state index in [9.17, 15) is 4.79 Å². The van der Waals surface area contributed by atoms with Crippen molar-refractivity contribution in [1.29, 1.82) is 0 Å². The monoisotopic (exact) mass is 341 g/mol. The first-order chi connectivity index (χ1) is 9.58. The van der Waals surface area contributed by atoms with Crippen LogP contribution in [-0.4, -0.2) is 36.2 Å². The van der Waals surface area contributed by atoms with Crippen molar-refractivity contribution in [1.82, 2.24) is 4.90 Å². The summed E-state index contributed by atoms with van der Waals surface area (Å²) < 4.78 is 6.32. The molecule has 0 aliphatic carbocycles. The van der Waals surface area contributed by atoms with E-state index in [1.165, 1.54) is 5.56 Å². The highest BCUT2D eigenvalue weighted by Crippen LogP contribution is 2.26. The number of carbonyl (C=O) groups is 1. The van der Waals surface area contributed by atoms with Gasteiger partial charge in [0.25, 0.3) is 0 Å². The van der Waals surface area contributed by atoms with Crippen LogP contribution in [0.25, 0.3) is 0 Å². The van der Waals surface area contributed by atoms with Crippen LogP contribution in [0.1, 0.15) is 24.8 Å². The Hall–Kier alpha value is -1.07. The smallest absolute Gasteiger partial charge is 0.303 e. The first kappa shape index (κ1) is 15.3. The van der Waals surface area contributed by atoms with Gasteiger partial charge in [0.1, 0.15) is 5.75 Å². The summed E-state index contributed by atoms with van der Waals surface area (Å²) in [7, 11) is 1.66. The van der Waals surface area contributed by atoms with Gasteiger partial charge < -0.3 is 9.84 Å². The van der Waals surface area contributed by atoms with E-state index in [4.69, 9.17) is 9.84 Å². The lowest BCUT2D eigenvalue weighted by Crippen LogP contribution is -2.35. The molecular formula is C15H20BrNO3. The van der Waals surface area contributed by atoms with Crippen LogP contribution < -0.4 is 4.74 Å². The van der Waals surface area contributed by atoms with E-state index in [0.717, 1.165) is 42.7 Å². The molecule has 20 heavy (non-hydrogen) atoms. The van der Waals surface area contributed by atoms with Crippen molar-refractivity contribution >= 4 is 21.9 Å². The molecule has 0 radical (unpaired) electrons. The minimum Gasteiger partial charge on any atom is -0.497 e. The molecule has 1 aromatic rings. The van der Waals surface area contributed by atoms with Crippen LogP contribution in [0.4, 0.5) is 0 Å². The zero-order valence-electron chi connectivity index (χ0n) is 11.6. The summed E-state index contributed by atoms with van der Waals surface area (Å²) in [4.78, 5) is 13.2. The molecule has 1 atom stereocenters. The number of rotatable bonds is 5. The summed E-state index contributed by atoms with van der Waals surface area (Å²) >= 11 is 3.57. The van der Waals surface area contributed by atoms with Crippen LogP contribution in [0.5, 0.6) is 5.75 Å². The molecule has 0 amide bonds. The molecule has 1 aliphatic rings. The molecule has 1 N–H and O–H groups in total. The van der Waals surface area contributed by atoms with Gasteiger partial charge in [-0.1, -0.05) is 15.9 Å². The number of halogens is 1. The van der Waals surface area contributed by atoms with Crippen molar-refractivity contribution in [2.45, 2.75) is 25.8 Å². The van der Waals surface area contributed by atoms with Gasteiger partial charge in [0.2, 0.25) is 0 Å². The highest BCUT2D eigenvalue weighted by Gasteiger charge is 2.22. The lowest BCUT2D eigenvalue weighted by atomic mass is 9.94. The van der Waals surface area contributed by atoms with E-state index >= 15 is 0 Å². The molecule has 1 heterocycles. The van der Waals surface area contributed by atoms with E-state index in [0.29, 0.717) is 0 Å². The van der Waals surface area contributed by atoms with Gasteiger partial charge in [-0.15, -0.1) is 0 Å². The third kappa shape index (κ3) is 4.21. The third-order valence-corrected chi connectivity index (χ3v) is 4.49. The predicted octanol–water partition coefficient (Wildman–Crippen LogP) is 3.14. The second-order valence-electron chi connectivity index (χ2n) is 5.30. The molecular weight excluding hydrogens is 322 g/mol. The largest absolute Gasteiger partial charge is 0.497 e. The van der Waals surface area contributed by atoms with Crippen molar-refractivity contribution in [3.63, 3.8) is 0 Å². The molecule has 0 bridgehead atoms. The van der Waals surface area contributed by atoms with E-state index < -0.39 is 5.97 Å². The van der Waals surface area contributed by atoms with Gasteiger partial charge in [0, 0.05) is 24.0 Å². The Bertz CT molecular complexity index is 478. The Morgan fingerprint density at radius 1 is 1.55 bits per heavy atom. The number of likely N-dealkylation sites (tertiary alicyclic amines) is 1. The number of nitrogens with zero attached hydrogens (tertiary/aromatic N) is 1. The average Bonchev–Trinajstić information content (AvgIpc) is 2.41. The third-order valence-electron chi connectivity index (χ3n) is 3.71. The number of benzene rings is 1. The minimum absolute atomic E-state index is 0.269. The molecule has 1 saturated heterocycles. The molecule has 0 spiro atoms. The zero-order chi connectivity index (χ0) is 14.5. The Labute approximate surface area is 127 Å². The lowest BCUT2D eigenvalue weighted by molar-refractivity contribution is -0.138. The van der Waals surface area contributed by atoms with E-state index in [1.807, 2.05) is 18.2 Å². The highest BCUT2D eigenvalue weighted by molar-refractivity contribution is 9.10. The topological polar surface area (TPSA) is 49.8 Å². The van der Waals surface area contributed by atoms with Crippen LogP contribution in [0, 0.1) is 5.92 Å². The van der Waals surface area contributed by atoms with Gasteiger partial charge in [0.05, 0.1) is 7.11 Å². The quantitative estimate of drug-likeness (QED) is 0.893. The van der Waals surface area contributed by atoms with E-state index in [-0.39, 0.29) is 12.3 Å². The maximum absolute atomic E-state index is 10.8. The zero-order valence-corrected chi connectivity index (χ0v) is 13.2. The number of methoxy groups -OCH3 is 1. The highest BCUT2D eigenvalue weighted by atomic mass is 79.9. The van der Waals surface area contributed by atoms with Crippen LogP contribution in [0.3, 0.4) is 0 Å². The van der Waals surface area contributed by atoms with Crippen LogP contribution in [-0.2, 0) is 11.3 Å². The molecule has 2 rings (SSSR count). The summed E-state index contributed by atoms with van der Waals surface area (Å²) in [6, 6.07) is 5.95. The van der Waals surface area contributed by atoms with Gasteiger partial charge in [-0.3, -0.25) is 9.69 Å². The van der Waals surface area contributed by atoms with Crippen LogP contribution >= 0.6 is 15.9 Å². The number of hydrogen-bond acceptors (Lipinski definition) is 3. The first-order valence-corrected chi connectivity index (χ1v) is 7.64. The Morgan fingerprint density at radius 2 is 2.35 bits per heavy atom. The summed E-state index contributed by atoms with van der Waals surface area (Å²) in [6.45, 7) is 2.71. The van der Waals surface area contributed by atoms with Crippen molar-refractivity contribution in [3.8, 4) is 5.75 Å². The fraction of sp³-hybridized carbons (Fsp3) is 0.533. The van der Waals surface area contributed by atoms with Crippen LogP contribution in [0.15, 0.2) is 22.7 Å². The average molecular weight is 342 g/mol. The molecule has 0 saturated carbocycles. The summed E-state index contributed by atoms with van der Waals surface area (Å²) in [5, 5.41) is 8.91. The molecule has 110 valence electrons. The molecule has 4 nitrogen and oxygen atoms in total. The first-order valence-electron chi connectivity index (χ1n) is 6.85. The van der Waals surface area contributed by atoms with Crippen molar-refractivity contribution in [2.75, 3.05) is 20.2 Å². The van der Waals surface area contributed by atoms with Crippen molar-refractivity contribution in [2.24, 2.45) is 5.92 Å². The van der Waals surface area contributed by atoms with Gasteiger partial charge in [0.15, 0.2) is 0 Å². The molecule has 1 aromatic carbocycles. The predicted molar refractivity (Wildman–Crippen MR) is 80.9 cm³/mol. The summed E-state index contributed by atoms with van der Waals surface area (Å²) in [5.74, 6) is 0.423. The minimum atomic E-state index is -0.695. The maximum atomic E-state index is 10.8. The lowest BCUT2D eigenvalue weighted by Gasteiger charge is -2.32. The molecule has 1 aliphatic heterocycles. The molecule has 1 unspecified atom stereocenters. The number of carboxylic acids is 1. The number of aliphatic carboxylic acids is 1. The number of hydrogen-bond donors (Lipinski definition) is 1. The number of piperidine rings is 1. The van der Waals surface area contributed by atoms with Crippen molar-refractivity contribution in [3.05, 3.63) is 28.2 Å². The fourth-order valence-electron chi connectivity index (χ4n) is 2.75. The van der Waals surface area contributed by atoms with Gasteiger partial charge in [-0.25, -0.2) is 0 Å². The maximum Gasteiger partial charge on any atom is 0.303 e. The summed E-state index contributed by atoms with van der Waals surface area (Å²) in [5.41, 5.74) is 1.18. The van der Waals surface area contributed by atoms with Crippen molar-refractivity contribution < 1.29 is 14.6 Å². The Kier molecular flexibility index (Phi) is 5.43. The second kappa shape index (κ2) is 7.09. The fourth-order valence-corrected chi connectivity index (χ4v) is 3.12. The van der Waals surface area contributed by atoms with Gasteiger partial charge >= 0.3 is 5.97 Å². The Balaban J connectivity index is 2.00. The van der Waals surface area contributed by atoms with Gasteiger partial charge in [-0.2, -0.15) is 0 Å². The molecule has 5 heteroatoms. The van der Waals surface area contributed by atoms with E-state index in [1.54, 1.807) is 7.11 Å². The summed E-state index contributed by atoms with van der Waals surface area (Å²) in [6.07, 6.45) is 2.36. The SMILES string of the molecule is COc1ccc(Br)c(CN2CCCC(CC(=O)O)C2)c1. The van der Waals surface area contributed by atoms with Gasteiger partial charge in [-0.05, 0) is 49.1 Å². The standard InChI is InChI=1S/C15H20BrNO3/c1-20-13-4-5-14(16)12(8-13)10-17-6-2-3-11(9-17)7-15(18)19/h4-5,8,11H,2-3,6-7,9-10H2,1H3,(H,18,19). The number of carboxylic acid groups (broad SMARTS) is 1.